The van der Waals surface area contributed by atoms with Crippen LogP contribution in [-0.4, -0.2) is 16.1 Å². The Balaban J connectivity index is 2.53. The third-order valence-corrected chi connectivity index (χ3v) is 3.19. The second-order valence-electron chi connectivity index (χ2n) is 3.46. The molecule has 0 radical (unpaired) electrons. The van der Waals surface area contributed by atoms with Gasteiger partial charge in [0.2, 0.25) is 0 Å². The number of fused-ring (bicyclic) bond motifs is 1. The smallest absolute Gasteiger partial charge is 0.168 e. The molecule has 0 aliphatic carbocycles. The van der Waals surface area contributed by atoms with Crippen molar-refractivity contribution in [2.75, 3.05) is 0 Å². The highest BCUT2D eigenvalue weighted by Crippen LogP contribution is 2.31. The van der Waals surface area contributed by atoms with Crippen LogP contribution in [0, 0.1) is 0 Å². The molecule has 13 heavy (non-hydrogen) atoms. The van der Waals surface area contributed by atoms with Crippen molar-refractivity contribution in [1.82, 2.24) is 9.78 Å². The second-order valence-corrected chi connectivity index (χ2v) is 4.45. The number of hydrogen-bond donors (Lipinski definition) is 0. The lowest BCUT2D eigenvalue weighted by Gasteiger charge is -2.07. The highest BCUT2D eigenvalue weighted by atomic mass is 32.2. The zero-order valence-electron chi connectivity index (χ0n) is 7.78. The summed E-state index contributed by atoms with van der Waals surface area (Å²) in [6, 6.07) is 0.274. The van der Waals surface area contributed by atoms with Gasteiger partial charge in [0.25, 0.3) is 0 Å². The maximum Gasteiger partial charge on any atom is 0.168 e. The molecule has 2 heterocycles. The summed E-state index contributed by atoms with van der Waals surface area (Å²) < 4.78 is 1.83. The van der Waals surface area contributed by atoms with Gasteiger partial charge in [-0.2, -0.15) is 16.9 Å². The number of aldehydes is 1. The van der Waals surface area contributed by atoms with Gasteiger partial charge in [-0.15, -0.1) is 0 Å². The van der Waals surface area contributed by atoms with E-state index in [9.17, 15) is 4.79 Å². The average Bonchev–Trinajstić information content (AvgIpc) is 2.60. The molecular weight excluding hydrogens is 184 g/mol. The molecule has 2 rings (SSSR count). The van der Waals surface area contributed by atoms with Crippen molar-refractivity contribution < 1.29 is 4.79 Å². The van der Waals surface area contributed by atoms with Crippen LogP contribution < -0.4 is 0 Å². The number of hydrogen-bond acceptors (Lipinski definition) is 3. The Kier molecular flexibility index (Phi) is 2.15. The van der Waals surface area contributed by atoms with E-state index in [4.69, 9.17) is 0 Å². The monoisotopic (exact) mass is 196 g/mol. The van der Waals surface area contributed by atoms with E-state index in [0.717, 1.165) is 34.7 Å². The Bertz CT molecular complexity index is 344. The minimum absolute atomic E-state index is 0.274. The molecule has 0 unspecified atom stereocenters. The van der Waals surface area contributed by atoms with Crippen LogP contribution in [0.4, 0.5) is 0 Å². The van der Waals surface area contributed by atoms with Crippen LogP contribution in [0.3, 0.4) is 0 Å². The predicted molar refractivity (Wildman–Crippen MR) is 53.0 cm³/mol. The Morgan fingerprint density at radius 2 is 2.31 bits per heavy atom. The fraction of sp³-hybridized carbons (Fsp3) is 0.556. The molecule has 0 atom stereocenters. The summed E-state index contributed by atoms with van der Waals surface area (Å²) in [6.45, 7) is 4.09. The molecule has 0 amide bonds. The van der Waals surface area contributed by atoms with Crippen LogP contribution in [0.5, 0.6) is 0 Å². The van der Waals surface area contributed by atoms with E-state index in [1.54, 1.807) is 0 Å². The molecule has 0 N–H and O–H groups in total. The minimum atomic E-state index is 0.274. The summed E-state index contributed by atoms with van der Waals surface area (Å²) in [5.74, 6) is 1.89. The highest BCUT2D eigenvalue weighted by molar-refractivity contribution is 7.98. The molecule has 0 fully saturated rings. The van der Waals surface area contributed by atoms with Crippen molar-refractivity contribution in [1.29, 1.82) is 0 Å². The van der Waals surface area contributed by atoms with Crippen molar-refractivity contribution in [2.24, 2.45) is 0 Å². The SMILES string of the molecule is CC(C)n1nc2c(c1C=O)CSC2. The van der Waals surface area contributed by atoms with Gasteiger partial charge < -0.3 is 0 Å². The third-order valence-electron chi connectivity index (χ3n) is 2.22. The molecule has 3 nitrogen and oxygen atoms in total. The molecule has 70 valence electrons. The summed E-state index contributed by atoms with van der Waals surface area (Å²) >= 11 is 1.82. The van der Waals surface area contributed by atoms with Gasteiger partial charge in [-0.1, -0.05) is 0 Å². The molecule has 1 aliphatic heterocycles. The van der Waals surface area contributed by atoms with Gasteiger partial charge in [0, 0.05) is 23.1 Å². The first-order valence-electron chi connectivity index (χ1n) is 4.37. The Morgan fingerprint density at radius 1 is 1.54 bits per heavy atom. The van der Waals surface area contributed by atoms with E-state index in [1.165, 1.54) is 0 Å². The Hall–Kier alpha value is -0.770. The van der Waals surface area contributed by atoms with Crippen molar-refractivity contribution in [3.63, 3.8) is 0 Å². The van der Waals surface area contributed by atoms with E-state index in [1.807, 2.05) is 30.3 Å². The summed E-state index contributed by atoms with van der Waals surface area (Å²) in [4.78, 5) is 10.9. The first-order chi connectivity index (χ1) is 6.24. The molecular formula is C9H12N2OS. The summed E-state index contributed by atoms with van der Waals surface area (Å²) in [6.07, 6.45) is 0.928. The average molecular weight is 196 g/mol. The second kappa shape index (κ2) is 3.18. The molecule has 1 aliphatic rings. The van der Waals surface area contributed by atoms with E-state index in [-0.39, 0.29) is 6.04 Å². The molecule has 0 spiro atoms. The fourth-order valence-corrected chi connectivity index (χ4v) is 2.62. The first-order valence-corrected chi connectivity index (χ1v) is 5.52. The van der Waals surface area contributed by atoms with Crippen LogP contribution >= 0.6 is 11.8 Å². The van der Waals surface area contributed by atoms with Crippen molar-refractivity contribution in [3.8, 4) is 0 Å². The lowest BCUT2D eigenvalue weighted by Crippen LogP contribution is -2.08. The summed E-state index contributed by atoms with van der Waals surface area (Å²) in [5.41, 5.74) is 3.02. The summed E-state index contributed by atoms with van der Waals surface area (Å²) in [5, 5.41) is 4.43. The number of thioether (sulfide) groups is 1. The maximum atomic E-state index is 10.9. The van der Waals surface area contributed by atoms with E-state index in [0.29, 0.717) is 0 Å². The lowest BCUT2D eigenvalue weighted by molar-refractivity contribution is 0.111. The van der Waals surface area contributed by atoms with Crippen LogP contribution in [0.15, 0.2) is 0 Å². The van der Waals surface area contributed by atoms with Crippen LogP contribution in [0.2, 0.25) is 0 Å². The maximum absolute atomic E-state index is 10.9. The van der Waals surface area contributed by atoms with Crippen molar-refractivity contribution in [3.05, 3.63) is 17.0 Å². The number of aromatic nitrogens is 2. The number of nitrogens with zero attached hydrogens (tertiary/aromatic N) is 2. The van der Waals surface area contributed by atoms with Gasteiger partial charge in [0.05, 0.1) is 5.69 Å². The van der Waals surface area contributed by atoms with E-state index in [2.05, 4.69) is 5.10 Å². The van der Waals surface area contributed by atoms with Gasteiger partial charge in [-0.05, 0) is 13.8 Å². The molecule has 4 heteroatoms. The molecule has 0 bridgehead atoms. The zero-order chi connectivity index (χ0) is 9.42. The van der Waals surface area contributed by atoms with Gasteiger partial charge in [-0.3, -0.25) is 9.48 Å². The van der Waals surface area contributed by atoms with Gasteiger partial charge in [-0.25, -0.2) is 0 Å². The van der Waals surface area contributed by atoms with Crippen LogP contribution in [-0.2, 0) is 11.5 Å². The lowest BCUT2D eigenvalue weighted by atomic mass is 10.2. The van der Waals surface area contributed by atoms with Crippen LogP contribution in [0.25, 0.3) is 0 Å². The Labute approximate surface area is 81.5 Å². The van der Waals surface area contributed by atoms with E-state index < -0.39 is 0 Å². The van der Waals surface area contributed by atoms with Gasteiger partial charge in [0.15, 0.2) is 6.29 Å². The zero-order valence-corrected chi connectivity index (χ0v) is 8.60. The molecule has 1 aromatic heterocycles. The van der Waals surface area contributed by atoms with Gasteiger partial charge in [0.1, 0.15) is 5.69 Å². The fourth-order valence-electron chi connectivity index (χ4n) is 1.57. The normalized spacial score (nSPS) is 15.0. The molecule has 0 aromatic carbocycles. The van der Waals surface area contributed by atoms with Gasteiger partial charge >= 0.3 is 0 Å². The standard InChI is InChI=1S/C9H12N2OS/c1-6(2)11-9(3-12)7-4-13-5-8(7)10-11/h3,6H,4-5H2,1-2H3. The predicted octanol–water partition coefficient (Wildman–Crippen LogP) is 2.02. The first kappa shape index (κ1) is 8.81. The van der Waals surface area contributed by atoms with E-state index >= 15 is 0 Å². The molecule has 0 saturated carbocycles. The quantitative estimate of drug-likeness (QED) is 0.679. The Morgan fingerprint density at radius 3 is 2.92 bits per heavy atom. The third kappa shape index (κ3) is 1.29. The number of carbonyl (C=O) groups is 1. The topological polar surface area (TPSA) is 34.9 Å². The minimum Gasteiger partial charge on any atom is -0.296 e. The van der Waals surface area contributed by atoms with Crippen LogP contribution in [0.1, 0.15) is 41.6 Å². The number of rotatable bonds is 2. The number of carbonyl (C=O) groups excluding carboxylic acids is 1. The molecule has 1 aromatic rings. The summed E-state index contributed by atoms with van der Waals surface area (Å²) in [7, 11) is 0. The largest absolute Gasteiger partial charge is 0.296 e. The molecule has 0 saturated heterocycles. The van der Waals surface area contributed by atoms with Crippen molar-refractivity contribution >= 4 is 18.0 Å². The highest BCUT2D eigenvalue weighted by Gasteiger charge is 2.22. The van der Waals surface area contributed by atoms with Crippen molar-refractivity contribution in [2.45, 2.75) is 31.4 Å².